The normalized spacial score (nSPS) is 13.6. The highest BCUT2D eigenvalue weighted by molar-refractivity contribution is 7.80. The van der Waals surface area contributed by atoms with Gasteiger partial charge in [0.15, 0.2) is 17.5 Å². The van der Waals surface area contributed by atoms with Crippen LogP contribution in [-0.2, 0) is 26.1 Å². The number of aromatic nitrogens is 3. The van der Waals surface area contributed by atoms with Crippen LogP contribution < -0.4 is 21.9 Å². The van der Waals surface area contributed by atoms with Gasteiger partial charge in [-0.3, -0.25) is 14.3 Å². The van der Waals surface area contributed by atoms with Gasteiger partial charge in [-0.15, -0.1) is 0 Å². The zero-order chi connectivity index (χ0) is 27.1. The topological polar surface area (TPSA) is 86.2 Å². The average molecular weight is 540 g/mol. The fraction of sp³-hybridized carbons (Fsp3) is 0.222. The van der Waals surface area contributed by atoms with E-state index in [1.54, 1.807) is 19.2 Å². The molecule has 1 aliphatic rings. The van der Waals surface area contributed by atoms with Gasteiger partial charge in [-0.2, -0.15) is 12.6 Å². The molecular formula is C27H24F3N5O2S. The number of benzene rings is 2. The largest absolute Gasteiger partial charge is 0.349 e. The second kappa shape index (κ2) is 10.1. The Morgan fingerprint density at radius 2 is 1.66 bits per heavy atom. The van der Waals surface area contributed by atoms with E-state index in [1.807, 2.05) is 29.2 Å². The van der Waals surface area contributed by atoms with E-state index in [0.29, 0.717) is 13.1 Å². The number of rotatable bonds is 6. The Labute approximate surface area is 221 Å². The Bertz CT molecular complexity index is 1620. The molecule has 4 aromatic rings. The molecule has 0 saturated heterocycles. The lowest BCUT2D eigenvalue weighted by molar-refractivity contribution is 0.445. The van der Waals surface area contributed by atoms with Gasteiger partial charge < -0.3 is 10.6 Å². The van der Waals surface area contributed by atoms with E-state index in [-0.39, 0.29) is 35.6 Å². The summed E-state index contributed by atoms with van der Waals surface area (Å²) in [7, 11) is 0. The van der Waals surface area contributed by atoms with Gasteiger partial charge in [-0.1, -0.05) is 24.3 Å². The molecule has 0 bridgehead atoms. The third kappa shape index (κ3) is 4.74. The van der Waals surface area contributed by atoms with Crippen LogP contribution in [0.4, 0.5) is 19.0 Å². The number of nitrogens with two attached hydrogens (primary N) is 1. The lowest BCUT2D eigenvalue weighted by Gasteiger charge is -2.27. The van der Waals surface area contributed by atoms with Gasteiger partial charge in [0.05, 0.1) is 29.4 Å². The summed E-state index contributed by atoms with van der Waals surface area (Å²) >= 11 is 4.29. The van der Waals surface area contributed by atoms with E-state index >= 15 is 0 Å². The van der Waals surface area contributed by atoms with E-state index in [2.05, 4.69) is 17.6 Å². The van der Waals surface area contributed by atoms with E-state index < -0.39 is 34.1 Å². The minimum Gasteiger partial charge on any atom is -0.349 e. The van der Waals surface area contributed by atoms with Gasteiger partial charge >= 0.3 is 5.69 Å². The number of nitrogens with zero attached hydrogens (tertiary/aromatic N) is 4. The molecule has 0 saturated carbocycles. The van der Waals surface area contributed by atoms with Crippen LogP contribution in [0.1, 0.15) is 27.8 Å². The molecule has 2 aromatic heterocycles. The molecule has 0 radical (unpaired) electrons. The number of pyridine rings is 1. The molecule has 1 unspecified atom stereocenters. The molecule has 2 N–H and O–H groups in total. The van der Waals surface area contributed by atoms with Gasteiger partial charge in [0.25, 0.3) is 5.56 Å². The number of hydrogen-bond acceptors (Lipinski definition) is 6. The van der Waals surface area contributed by atoms with Crippen LogP contribution in [0.3, 0.4) is 0 Å². The van der Waals surface area contributed by atoms with Crippen molar-refractivity contribution in [3.63, 3.8) is 0 Å². The summed E-state index contributed by atoms with van der Waals surface area (Å²) in [5, 5.41) is -0.758. The number of aryl methyl sites for hydroxylation is 1. The number of hydrogen-bond donors (Lipinski definition) is 2. The quantitative estimate of drug-likeness (QED) is 0.223. The van der Waals surface area contributed by atoms with Gasteiger partial charge in [-0.25, -0.2) is 22.5 Å². The molecule has 7 nitrogen and oxygen atoms in total. The molecular weight excluding hydrogens is 515 g/mol. The molecule has 0 aliphatic carbocycles. The van der Waals surface area contributed by atoms with Crippen LogP contribution in [0, 0.1) is 24.4 Å². The van der Waals surface area contributed by atoms with Crippen molar-refractivity contribution in [2.75, 3.05) is 4.90 Å². The molecule has 0 spiro atoms. The van der Waals surface area contributed by atoms with Crippen molar-refractivity contribution in [3.8, 4) is 5.69 Å². The summed E-state index contributed by atoms with van der Waals surface area (Å²) in [5.41, 5.74) is 7.77. The molecule has 1 atom stereocenters. The molecule has 0 amide bonds. The van der Waals surface area contributed by atoms with Gasteiger partial charge in [-0.05, 0) is 47.4 Å². The van der Waals surface area contributed by atoms with E-state index in [4.69, 9.17) is 5.73 Å². The third-order valence-corrected chi connectivity index (χ3v) is 6.63. The number of fused-ring (bicyclic) bond motifs is 1. The van der Waals surface area contributed by atoms with Crippen LogP contribution in [0.5, 0.6) is 0 Å². The van der Waals surface area contributed by atoms with Crippen molar-refractivity contribution in [2.24, 2.45) is 5.73 Å². The molecule has 2 aromatic carbocycles. The number of thiol groups is 1. The predicted octanol–water partition coefficient (Wildman–Crippen LogP) is 3.45. The van der Waals surface area contributed by atoms with Crippen molar-refractivity contribution in [1.82, 2.24) is 14.1 Å². The van der Waals surface area contributed by atoms with Gasteiger partial charge in [0, 0.05) is 25.7 Å². The molecule has 38 heavy (non-hydrogen) atoms. The maximum atomic E-state index is 14.1. The number of halogens is 3. The first-order chi connectivity index (χ1) is 18.1. The molecule has 3 heterocycles. The highest BCUT2D eigenvalue weighted by Gasteiger charge is 2.29. The summed E-state index contributed by atoms with van der Waals surface area (Å²) < 4.78 is 44.3. The first-order valence-corrected chi connectivity index (χ1v) is 12.3. The second-order valence-electron chi connectivity index (χ2n) is 9.30. The molecule has 5 rings (SSSR count). The Hall–Kier alpha value is -3.83. The minimum atomic E-state index is -1.60. The van der Waals surface area contributed by atoms with Gasteiger partial charge in [0.1, 0.15) is 5.82 Å². The molecule has 0 fully saturated rings. The van der Waals surface area contributed by atoms with Crippen molar-refractivity contribution in [1.29, 1.82) is 0 Å². The first-order valence-electron chi connectivity index (χ1n) is 11.8. The Balaban J connectivity index is 1.79. The first kappa shape index (κ1) is 25.8. The van der Waals surface area contributed by atoms with Crippen LogP contribution >= 0.6 is 12.6 Å². The second-order valence-corrected chi connectivity index (χ2v) is 9.96. The third-order valence-electron chi connectivity index (χ3n) is 6.46. The predicted molar refractivity (Wildman–Crippen MR) is 141 cm³/mol. The van der Waals surface area contributed by atoms with Crippen molar-refractivity contribution < 1.29 is 13.2 Å². The summed E-state index contributed by atoms with van der Waals surface area (Å²) in [6.45, 7) is 2.51. The van der Waals surface area contributed by atoms with Crippen LogP contribution in [0.25, 0.3) is 5.69 Å². The lowest BCUT2D eigenvalue weighted by atomic mass is 10.0. The standard InChI is InChI=1S/C27H24F3N5O2S/c1-15-6-19(11-32-10-15)35-26(36)20(7-16-8-21(28)24(30)22(29)9-16)25(34(27(35)37)14-23(31)38)33-12-17-4-2-3-5-18(17)13-33/h2-6,8-11,23,38H,7,12-14,31H2,1H3. The highest BCUT2D eigenvalue weighted by Crippen LogP contribution is 2.31. The Morgan fingerprint density at radius 3 is 2.24 bits per heavy atom. The molecule has 1 aliphatic heterocycles. The molecule has 196 valence electrons. The lowest BCUT2D eigenvalue weighted by Crippen LogP contribution is -2.45. The van der Waals surface area contributed by atoms with Crippen molar-refractivity contribution in [3.05, 3.63) is 121 Å². The fourth-order valence-electron chi connectivity index (χ4n) is 4.85. The monoisotopic (exact) mass is 539 g/mol. The maximum Gasteiger partial charge on any atom is 0.337 e. The zero-order valence-electron chi connectivity index (χ0n) is 20.4. The molecule has 11 heteroatoms. The van der Waals surface area contributed by atoms with Crippen molar-refractivity contribution >= 4 is 18.4 Å². The fourth-order valence-corrected chi connectivity index (χ4v) is 5.01. The maximum absolute atomic E-state index is 14.1. The smallest absolute Gasteiger partial charge is 0.337 e. The SMILES string of the molecule is Cc1cncc(-n2c(=O)c(Cc3cc(F)c(F)c(F)c3)c(N3Cc4ccccc4C3)n(CC(N)S)c2=O)c1. The Kier molecular flexibility index (Phi) is 6.89. The van der Waals surface area contributed by atoms with E-state index in [1.165, 1.54) is 10.8 Å². The summed E-state index contributed by atoms with van der Waals surface area (Å²) in [6.07, 6.45) is 2.70. The van der Waals surface area contributed by atoms with Gasteiger partial charge in [0.2, 0.25) is 0 Å². The number of anilines is 1. The van der Waals surface area contributed by atoms with Crippen LogP contribution in [0.2, 0.25) is 0 Å². The summed E-state index contributed by atoms with van der Waals surface area (Å²) in [6, 6.07) is 11.0. The van der Waals surface area contributed by atoms with Crippen molar-refractivity contribution in [2.45, 2.75) is 38.4 Å². The van der Waals surface area contributed by atoms with E-state index in [0.717, 1.165) is 33.4 Å². The Morgan fingerprint density at radius 1 is 1.03 bits per heavy atom. The van der Waals surface area contributed by atoms with E-state index in [9.17, 15) is 22.8 Å². The van der Waals surface area contributed by atoms with Crippen LogP contribution in [0.15, 0.2) is 64.4 Å². The average Bonchev–Trinajstić information content (AvgIpc) is 3.29. The summed E-state index contributed by atoms with van der Waals surface area (Å²) in [5.74, 6) is -4.07. The highest BCUT2D eigenvalue weighted by atomic mass is 32.1. The minimum absolute atomic E-state index is 0.0331. The summed E-state index contributed by atoms with van der Waals surface area (Å²) in [4.78, 5) is 33.8. The zero-order valence-corrected chi connectivity index (χ0v) is 21.3. The van der Waals surface area contributed by atoms with Crippen LogP contribution in [-0.4, -0.2) is 19.5 Å².